The van der Waals surface area contributed by atoms with Crippen molar-refractivity contribution in [2.24, 2.45) is 5.92 Å². The summed E-state index contributed by atoms with van der Waals surface area (Å²) in [6.07, 6.45) is 4.75. The van der Waals surface area contributed by atoms with E-state index in [-0.39, 0.29) is 0 Å². The third kappa shape index (κ3) is 3.49. The molecule has 0 aromatic rings. The minimum absolute atomic E-state index is 0.430. The van der Waals surface area contributed by atoms with Crippen LogP contribution in [-0.2, 0) is 4.74 Å². The Hall–Kier alpha value is -0.340. The second-order valence-electron chi connectivity index (χ2n) is 3.98. The van der Waals surface area contributed by atoms with E-state index >= 15 is 0 Å². The van der Waals surface area contributed by atoms with Crippen molar-refractivity contribution >= 4 is 0 Å². The van der Waals surface area contributed by atoms with Crippen molar-refractivity contribution in [2.75, 3.05) is 26.2 Å². The number of hydrogen-bond acceptors (Lipinski definition) is 2. The lowest BCUT2D eigenvalue weighted by atomic mass is 10.1. The molecular formula is C11H21NO. The summed E-state index contributed by atoms with van der Waals surface area (Å²) in [5.74, 6) is 0.633. The molecule has 1 unspecified atom stereocenters. The molecule has 2 heteroatoms. The molecule has 76 valence electrons. The van der Waals surface area contributed by atoms with Crippen LogP contribution in [0.3, 0.4) is 0 Å². The van der Waals surface area contributed by atoms with Gasteiger partial charge in [-0.15, -0.1) is 0 Å². The Morgan fingerprint density at radius 2 is 2.31 bits per heavy atom. The van der Waals surface area contributed by atoms with Crippen LogP contribution in [0.2, 0.25) is 0 Å². The van der Waals surface area contributed by atoms with Gasteiger partial charge in [-0.3, -0.25) is 4.90 Å². The van der Waals surface area contributed by atoms with Gasteiger partial charge in [0.2, 0.25) is 0 Å². The topological polar surface area (TPSA) is 12.5 Å². The fourth-order valence-electron chi connectivity index (χ4n) is 1.56. The molecule has 0 aromatic carbocycles. The maximum atomic E-state index is 5.68. The van der Waals surface area contributed by atoms with Gasteiger partial charge in [-0.2, -0.15) is 0 Å². The van der Waals surface area contributed by atoms with Crippen LogP contribution in [0.4, 0.5) is 0 Å². The fourth-order valence-corrected chi connectivity index (χ4v) is 1.56. The van der Waals surface area contributed by atoms with Crippen LogP contribution in [-0.4, -0.2) is 37.2 Å². The van der Waals surface area contributed by atoms with E-state index in [1.807, 2.05) is 0 Å². The highest BCUT2D eigenvalue weighted by Gasteiger charge is 2.21. The minimum atomic E-state index is 0.430. The van der Waals surface area contributed by atoms with Crippen molar-refractivity contribution in [1.82, 2.24) is 4.90 Å². The summed E-state index contributed by atoms with van der Waals surface area (Å²) < 4.78 is 5.68. The molecule has 0 amide bonds. The van der Waals surface area contributed by atoms with E-state index < -0.39 is 0 Å². The number of ether oxygens (including phenoxy) is 1. The average molecular weight is 183 g/mol. The van der Waals surface area contributed by atoms with Crippen LogP contribution in [0.25, 0.3) is 0 Å². The summed E-state index contributed by atoms with van der Waals surface area (Å²) >= 11 is 0. The van der Waals surface area contributed by atoms with Gasteiger partial charge < -0.3 is 4.74 Å². The number of nitrogens with zero attached hydrogens (tertiary/aromatic N) is 1. The molecule has 13 heavy (non-hydrogen) atoms. The molecule has 1 rings (SSSR count). The molecule has 0 radical (unpaired) electrons. The molecular weight excluding hydrogens is 162 g/mol. The van der Waals surface area contributed by atoms with Crippen LogP contribution < -0.4 is 0 Å². The zero-order valence-corrected chi connectivity index (χ0v) is 8.99. The maximum absolute atomic E-state index is 5.68. The quantitative estimate of drug-likeness (QED) is 0.620. The highest BCUT2D eigenvalue weighted by molar-refractivity contribution is 4.84. The molecule has 0 aliphatic carbocycles. The molecule has 0 saturated carbocycles. The molecule has 1 aliphatic rings. The predicted octanol–water partition coefficient (Wildman–Crippen LogP) is 1.92. The Kier molecular flexibility index (Phi) is 4.46. The van der Waals surface area contributed by atoms with E-state index in [0.29, 0.717) is 12.0 Å². The highest BCUT2D eigenvalue weighted by Crippen LogP contribution is 2.12. The van der Waals surface area contributed by atoms with E-state index in [0.717, 1.165) is 26.2 Å². The lowest BCUT2D eigenvalue weighted by Crippen LogP contribution is -2.44. The third-order valence-corrected chi connectivity index (χ3v) is 2.52. The van der Waals surface area contributed by atoms with E-state index in [1.165, 1.54) is 0 Å². The predicted molar refractivity (Wildman–Crippen MR) is 55.8 cm³/mol. The van der Waals surface area contributed by atoms with E-state index in [4.69, 9.17) is 4.74 Å². The van der Waals surface area contributed by atoms with Gasteiger partial charge in [0.05, 0.1) is 12.7 Å². The molecule has 0 aromatic heterocycles. The number of rotatable bonds is 3. The Morgan fingerprint density at radius 3 is 2.92 bits per heavy atom. The Bertz CT molecular complexity index is 165. The highest BCUT2D eigenvalue weighted by atomic mass is 16.5. The molecule has 1 heterocycles. The average Bonchev–Trinajstić information content (AvgIpc) is 2.15. The second-order valence-corrected chi connectivity index (χ2v) is 3.98. The van der Waals surface area contributed by atoms with E-state index in [9.17, 15) is 0 Å². The SMILES string of the molecule is C/C=C/CN1CCOC(C(C)C)C1. The van der Waals surface area contributed by atoms with Crippen LogP contribution in [0.5, 0.6) is 0 Å². The van der Waals surface area contributed by atoms with Crippen molar-refractivity contribution in [3.05, 3.63) is 12.2 Å². The standard InChI is InChI=1S/C11H21NO/c1-4-5-6-12-7-8-13-11(9-12)10(2)3/h4-5,10-11H,6-9H2,1-3H3/b5-4+. The molecule has 0 spiro atoms. The lowest BCUT2D eigenvalue weighted by Gasteiger charge is -2.34. The summed E-state index contributed by atoms with van der Waals surface area (Å²) in [6, 6.07) is 0. The summed E-state index contributed by atoms with van der Waals surface area (Å²) in [5, 5.41) is 0. The van der Waals surface area contributed by atoms with Crippen molar-refractivity contribution in [3.63, 3.8) is 0 Å². The summed E-state index contributed by atoms with van der Waals surface area (Å²) in [7, 11) is 0. The van der Waals surface area contributed by atoms with Crippen LogP contribution in [0.15, 0.2) is 12.2 Å². The first kappa shape index (κ1) is 10.7. The summed E-state index contributed by atoms with van der Waals surface area (Å²) in [6.45, 7) is 10.6. The van der Waals surface area contributed by atoms with Crippen molar-refractivity contribution < 1.29 is 4.74 Å². The second kappa shape index (κ2) is 5.40. The molecule has 1 fully saturated rings. The van der Waals surface area contributed by atoms with Gasteiger partial charge in [-0.05, 0) is 12.8 Å². The zero-order valence-electron chi connectivity index (χ0n) is 8.99. The van der Waals surface area contributed by atoms with Gasteiger partial charge in [0.1, 0.15) is 0 Å². The van der Waals surface area contributed by atoms with E-state index in [1.54, 1.807) is 0 Å². The summed E-state index contributed by atoms with van der Waals surface area (Å²) in [4.78, 5) is 2.45. The van der Waals surface area contributed by atoms with Gasteiger partial charge in [0, 0.05) is 19.6 Å². The zero-order chi connectivity index (χ0) is 9.68. The minimum Gasteiger partial charge on any atom is -0.375 e. The molecule has 1 atom stereocenters. The molecule has 2 nitrogen and oxygen atoms in total. The third-order valence-electron chi connectivity index (χ3n) is 2.52. The van der Waals surface area contributed by atoms with Crippen molar-refractivity contribution in [1.29, 1.82) is 0 Å². The maximum Gasteiger partial charge on any atom is 0.0725 e. The number of morpholine rings is 1. The van der Waals surface area contributed by atoms with Crippen LogP contribution >= 0.6 is 0 Å². The van der Waals surface area contributed by atoms with Gasteiger partial charge in [-0.1, -0.05) is 26.0 Å². The first-order valence-corrected chi connectivity index (χ1v) is 5.19. The Balaban J connectivity index is 2.33. The van der Waals surface area contributed by atoms with Gasteiger partial charge >= 0.3 is 0 Å². The molecule has 1 aliphatic heterocycles. The van der Waals surface area contributed by atoms with Crippen LogP contribution in [0, 0.1) is 5.92 Å². The normalized spacial score (nSPS) is 26.0. The first-order valence-electron chi connectivity index (χ1n) is 5.19. The first-order chi connectivity index (χ1) is 6.24. The lowest BCUT2D eigenvalue weighted by molar-refractivity contribution is -0.0469. The Labute approximate surface area is 81.6 Å². The van der Waals surface area contributed by atoms with Gasteiger partial charge in [-0.25, -0.2) is 0 Å². The molecule has 0 N–H and O–H groups in total. The van der Waals surface area contributed by atoms with Gasteiger partial charge in [0.15, 0.2) is 0 Å². The van der Waals surface area contributed by atoms with Crippen molar-refractivity contribution in [2.45, 2.75) is 26.9 Å². The summed E-state index contributed by atoms with van der Waals surface area (Å²) in [5.41, 5.74) is 0. The Morgan fingerprint density at radius 1 is 1.54 bits per heavy atom. The van der Waals surface area contributed by atoms with Crippen molar-refractivity contribution in [3.8, 4) is 0 Å². The smallest absolute Gasteiger partial charge is 0.0725 e. The number of hydrogen-bond donors (Lipinski definition) is 0. The van der Waals surface area contributed by atoms with E-state index in [2.05, 4.69) is 37.8 Å². The monoisotopic (exact) mass is 183 g/mol. The molecule has 1 saturated heterocycles. The number of allylic oxidation sites excluding steroid dienone is 1. The van der Waals surface area contributed by atoms with Crippen LogP contribution in [0.1, 0.15) is 20.8 Å². The van der Waals surface area contributed by atoms with Gasteiger partial charge in [0.25, 0.3) is 0 Å². The molecule has 0 bridgehead atoms. The fraction of sp³-hybridized carbons (Fsp3) is 0.818. The largest absolute Gasteiger partial charge is 0.375 e.